The van der Waals surface area contributed by atoms with E-state index in [4.69, 9.17) is 15.2 Å². The Balaban J connectivity index is 3.21. The second-order valence-electron chi connectivity index (χ2n) is 3.61. The van der Waals surface area contributed by atoms with Gasteiger partial charge in [-0.25, -0.2) is 4.79 Å². The number of hydrogen-bond acceptors (Lipinski definition) is 3. The van der Waals surface area contributed by atoms with Gasteiger partial charge < -0.3 is 15.2 Å². The second-order valence-corrected chi connectivity index (χ2v) is 4.77. The van der Waals surface area contributed by atoms with Crippen molar-refractivity contribution < 1.29 is 14.3 Å². The Kier molecular flexibility index (Phi) is 5.20. The third-order valence-corrected chi connectivity index (χ3v) is 3.40. The zero-order valence-corrected chi connectivity index (χ0v) is 12.1. The molecule has 0 fully saturated rings. The molecule has 1 amide bonds. The molecular weight excluding hydrogens is 333 g/mol. The fraction of sp³-hybridized carbons (Fsp3) is 0.417. The average molecular weight is 349 g/mol. The van der Waals surface area contributed by atoms with Gasteiger partial charge in [0.2, 0.25) is 5.79 Å². The van der Waals surface area contributed by atoms with E-state index in [1.165, 1.54) is 7.11 Å². The first-order valence-electron chi connectivity index (χ1n) is 5.34. The predicted molar refractivity (Wildman–Crippen MR) is 73.4 cm³/mol. The lowest BCUT2D eigenvalue weighted by Gasteiger charge is -2.32. The van der Waals surface area contributed by atoms with Crippen molar-refractivity contribution in [2.75, 3.05) is 7.11 Å². The zero-order chi connectivity index (χ0) is 12.9. The zero-order valence-electron chi connectivity index (χ0n) is 9.90. The van der Waals surface area contributed by atoms with E-state index in [0.29, 0.717) is 6.42 Å². The van der Waals surface area contributed by atoms with Crippen LogP contribution in [0.4, 0.5) is 4.79 Å². The molecule has 94 valence electrons. The van der Waals surface area contributed by atoms with Crippen molar-refractivity contribution in [3.63, 3.8) is 0 Å². The molecule has 4 nitrogen and oxygen atoms in total. The molecule has 0 unspecified atom stereocenters. The van der Waals surface area contributed by atoms with Gasteiger partial charge in [-0.15, -0.1) is 0 Å². The van der Waals surface area contributed by atoms with Gasteiger partial charge in [0.25, 0.3) is 0 Å². The van der Waals surface area contributed by atoms with Crippen molar-refractivity contribution in [2.45, 2.75) is 25.6 Å². The van der Waals surface area contributed by atoms with Gasteiger partial charge in [-0.1, -0.05) is 25.1 Å². The maximum Gasteiger partial charge on any atom is 0.407 e. The molecule has 1 atom stereocenters. The van der Waals surface area contributed by atoms with Crippen LogP contribution in [0.25, 0.3) is 0 Å². The Bertz CT molecular complexity index is 397. The number of halogens is 1. The highest BCUT2D eigenvalue weighted by molar-refractivity contribution is 14.1. The highest BCUT2D eigenvalue weighted by Crippen LogP contribution is 2.34. The Morgan fingerprint density at radius 3 is 2.59 bits per heavy atom. The van der Waals surface area contributed by atoms with Crippen molar-refractivity contribution in [3.8, 4) is 0 Å². The second kappa shape index (κ2) is 6.20. The maximum atomic E-state index is 11.1. The third kappa shape index (κ3) is 3.32. The van der Waals surface area contributed by atoms with E-state index in [-0.39, 0.29) is 0 Å². The monoisotopic (exact) mass is 349 g/mol. The van der Waals surface area contributed by atoms with Crippen molar-refractivity contribution in [1.82, 2.24) is 0 Å². The lowest BCUT2D eigenvalue weighted by molar-refractivity contribution is -0.197. The number of methoxy groups -OCH3 is 1. The van der Waals surface area contributed by atoms with Crippen LogP contribution in [-0.4, -0.2) is 13.2 Å². The molecule has 0 radical (unpaired) electrons. The molecule has 0 aromatic heterocycles. The molecule has 17 heavy (non-hydrogen) atoms. The number of amides is 1. The molecular formula is C12H16INO3. The van der Waals surface area contributed by atoms with Crippen LogP contribution in [0.15, 0.2) is 24.3 Å². The molecule has 0 aliphatic heterocycles. The van der Waals surface area contributed by atoms with Crippen molar-refractivity contribution in [3.05, 3.63) is 33.4 Å². The first kappa shape index (κ1) is 14.2. The molecule has 0 aliphatic rings. The van der Waals surface area contributed by atoms with Crippen molar-refractivity contribution in [1.29, 1.82) is 0 Å². The molecule has 0 saturated carbocycles. The molecule has 1 aromatic carbocycles. The van der Waals surface area contributed by atoms with Crippen LogP contribution < -0.4 is 5.73 Å². The van der Waals surface area contributed by atoms with Crippen LogP contribution in [0.5, 0.6) is 0 Å². The van der Waals surface area contributed by atoms with E-state index in [9.17, 15) is 4.79 Å². The van der Waals surface area contributed by atoms with Crippen LogP contribution in [0.2, 0.25) is 0 Å². The number of rotatable bonds is 5. The normalized spacial score (nSPS) is 14.1. The van der Waals surface area contributed by atoms with Crippen LogP contribution in [0, 0.1) is 3.57 Å². The van der Waals surface area contributed by atoms with Gasteiger partial charge in [0, 0.05) is 22.7 Å². The standard InChI is InChI=1S/C12H16INO3/c1-3-8-12(16-2,17-11(14)15)9-6-4-5-7-10(9)13/h4-7H,3,8H2,1-2H3,(H2,14,15)/t12-/m0/s1. The highest BCUT2D eigenvalue weighted by Gasteiger charge is 2.36. The molecule has 1 rings (SSSR count). The number of carbonyl (C=O) groups excluding carboxylic acids is 1. The molecule has 0 saturated heterocycles. The number of carbonyl (C=O) groups is 1. The van der Waals surface area contributed by atoms with E-state index in [1.54, 1.807) is 0 Å². The quantitative estimate of drug-likeness (QED) is 0.657. The van der Waals surface area contributed by atoms with Gasteiger partial charge in [0.1, 0.15) is 0 Å². The summed E-state index contributed by atoms with van der Waals surface area (Å²) in [6, 6.07) is 7.61. The van der Waals surface area contributed by atoms with Crippen molar-refractivity contribution >= 4 is 28.7 Å². The summed E-state index contributed by atoms with van der Waals surface area (Å²) in [5, 5.41) is 0. The van der Waals surface area contributed by atoms with Gasteiger partial charge >= 0.3 is 6.09 Å². The van der Waals surface area contributed by atoms with Gasteiger partial charge in [-0.3, -0.25) is 0 Å². The summed E-state index contributed by atoms with van der Waals surface area (Å²) in [5.74, 6) is -1.08. The first-order chi connectivity index (χ1) is 8.05. The number of nitrogens with two attached hydrogens (primary N) is 1. The smallest absolute Gasteiger partial charge is 0.407 e. The average Bonchev–Trinajstić information content (AvgIpc) is 2.28. The van der Waals surface area contributed by atoms with E-state index >= 15 is 0 Å². The number of primary amides is 1. The topological polar surface area (TPSA) is 61.6 Å². The summed E-state index contributed by atoms with van der Waals surface area (Å²) in [6.45, 7) is 1.99. The lowest BCUT2D eigenvalue weighted by Crippen LogP contribution is -2.37. The summed E-state index contributed by atoms with van der Waals surface area (Å²) in [7, 11) is 1.52. The van der Waals surface area contributed by atoms with E-state index in [2.05, 4.69) is 22.6 Å². The first-order valence-corrected chi connectivity index (χ1v) is 6.42. The third-order valence-electron chi connectivity index (χ3n) is 2.46. The molecule has 0 aliphatic carbocycles. The summed E-state index contributed by atoms with van der Waals surface area (Å²) < 4.78 is 11.6. The molecule has 0 bridgehead atoms. The molecule has 1 aromatic rings. The summed E-state index contributed by atoms with van der Waals surface area (Å²) >= 11 is 2.18. The highest BCUT2D eigenvalue weighted by atomic mass is 127. The minimum atomic E-state index is -1.08. The fourth-order valence-electron chi connectivity index (χ4n) is 1.76. The predicted octanol–water partition coefficient (Wildman–Crippen LogP) is 2.99. The molecule has 0 heterocycles. The minimum absolute atomic E-state index is 0.562. The molecule has 2 N–H and O–H groups in total. The van der Waals surface area contributed by atoms with Crippen LogP contribution in [0.1, 0.15) is 25.3 Å². The van der Waals surface area contributed by atoms with Gasteiger partial charge in [0.05, 0.1) is 0 Å². The van der Waals surface area contributed by atoms with Crippen LogP contribution in [-0.2, 0) is 15.3 Å². The van der Waals surface area contributed by atoms with Gasteiger partial charge in [-0.05, 0) is 35.1 Å². The van der Waals surface area contributed by atoms with Crippen LogP contribution >= 0.6 is 22.6 Å². The number of benzene rings is 1. The summed E-state index contributed by atoms with van der Waals surface area (Å²) in [5.41, 5.74) is 5.95. The van der Waals surface area contributed by atoms with E-state index in [0.717, 1.165) is 15.6 Å². The maximum absolute atomic E-state index is 11.1. The summed E-state index contributed by atoms with van der Waals surface area (Å²) in [4.78, 5) is 11.1. The van der Waals surface area contributed by atoms with Crippen molar-refractivity contribution in [2.24, 2.45) is 5.73 Å². The Hall–Kier alpha value is -0.820. The Labute approximate surface area is 115 Å². The number of hydrogen-bond donors (Lipinski definition) is 1. The van der Waals surface area contributed by atoms with Crippen LogP contribution in [0.3, 0.4) is 0 Å². The van der Waals surface area contributed by atoms with Gasteiger partial charge in [-0.2, -0.15) is 0 Å². The Morgan fingerprint density at radius 1 is 1.47 bits per heavy atom. The summed E-state index contributed by atoms with van der Waals surface area (Å²) in [6.07, 6.45) is 0.540. The number of ether oxygens (including phenoxy) is 2. The SMILES string of the molecule is CCC[C@](OC)(OC(N)=O)c1ccccc1I. The molecule has 0 spiro atoms. The lowest BCUT2D eigenvalue weighted by atomic mass is 10.0. The fourth-order valence-corrected chi connectivity index (χ4v) is 2.55. The van der Waals surface area contributed by atoms with E-state index < -0.39 is 11.9 Å². The molecule has 5 heteroatoms. The van der Waals surface area contributed by atoms with Gasteiger partial charge in [0.15, 0.2) is 0 Å². The van der Waals surface area contributed by atoms with E-state index in [1.807, 2.05) is 31.2 Å². The minimum Gasteiger partial charge on any atom is -0.413 e. The Morgan fingerprint density at radius 2 is 2.12 bits per heavy atom. The largest absolute Gasteiger partial charge is 0.413 e.